The second kappa shape index (κ2) is 8.62. The van der Waals surface area contributed by atoms with Crippen LogP contribution in [0.4, 0.5) is 25.0 Å². The SMILES string of the molecule is CC(=O)N1c2ccc(-c3cnn(C4COC4)c3)cc2N(C(=O)OC(CF)CF)C[C@@H]1C. The summed E-state index contributed by atoms with van der Waals surface area (Å²) in [7, 11) is 0. The van der Waals surface area contributed by atoms with Gasteiger partial charge in [0.2, 0.25) is 5.91 Å². The molecule has 3 heterocycles. The normalized spacial score (nSPS) is 18.7. The van der Waals surface area contributed by atoms with Crippen molar-refractivity contribution in [3.8, 4) is 11.1 Å². The molecule has 166 valence electrons. The van der Waals surface area contributed by atoms with Crippen molar-refractivity contribution in [3.05, 3.63) is 30.6 Å². The number of nitrogens with zero attached hydrogens (tertiary/aromatic N) is 4. The van der Waals surface area contributed by atoms with Gasteiger partial charge in [-0.25, -0.2) is 13.6 Å². The molecule has 0 bridgehead atoms. The molecule has 1 atom stereocenters. The largest absolute Gasteiger partial charge is 0.440 e. The number of amides is 2. The predicted molar refractivity (Wildman–Crippen MR) is 110 cm³/mol. The first-order valence-electron chi connectivity index (χ1n) is 10.1. The van der Waals surface area contributed by atoms with E-state index < -0.39 is 25.5 Å². The highest BCUT2D eigenvalue weighted by Gasteiger charge is 2.35. The number of fused-ring (bicyclic) bond motifs is 1. The third-order valence-electron chi connectivity index (χ3n) is 5.51. The summed E-state index contributed by atoms with van der Waals surface area (Å²) in [5.74, 6) is -0.169. The number of rotatable bonds is 5. The van der Waals surface area contributed by atoms with Crippen molar-refractivity contribution in [2.75, 3.05) is 42.9 Å². The number of anilines is 2. The molecule has 0 N–H and O–H groups in total. The van der Waals surface area contributed by atoms with Gasteiger partial charge in [0, 0.05) is 25.2 Å². The number of carbonyl (C=O) groups is 2. The fraction of sp³-hybridized carbons (Fsp3) is 0.476. The molecule has 1 fully saturated rings. The van der Waals surface area contributed by atoms with Crippen molar-refractivity contribution in [2.24, 2.45) is 0 Å². The van der Waals surface area contributed by atoms with E-state index in [-0.39, 0.29) is 24.5 Å². The van der Waals surface area contributed by atoms with Gasteiger partial charge in [-0.15, -0.1) is 0 Å². The minimum absolute atomic E-state index is 0.138. The topological polar surface area (TPSA) is 76.9 Å². The second-order valence-electron chi connectivity index (χ2n) is 7.77. The number of benzene rings is 1. The summed E-state index contributed by atoms with van der Waals surface area (Å²) >= 11 is 0. The third-order valence-corrected chi connectivity index (χ3v) is 5.51. The number of ether oxygens (including phenoxy) is 2. The average Bonchev–Trinajstić information content (AvgIpc) is 3.18. The lowest BCUT2D eigenvalue weighted by Gasteiger charge is -2.40. The van der Waals surface area contributed by atoms with E-state index in [0.29, 0.717) is 24.6 Å². The van der Waals surface area contributed by atoms with Gasteiger partial charge in [-0.3, -0.25) is 14.4 Å². The lowest BCUT2D eigenvalue weighted by atomic mass is 10.0. The second-order valence-corrected chi connectivity index (χ2v) is 7.77. The van der Waals surface area contributed by atoms with Crippen LogP contribution in [0.5, 0.6) is 0 Å². The Morgan fingerprint density at radius 1 is 1.23 bits per heavy atom. The van der Waals surface area contributed by atoms with Crippen molar-refractivity contribution >= 4 is 23.4 Å². The number of aromatic nitrogens is 2. The predicted octanol–water partition coefficient (Wildman–Crippen LogP) is 3.13. The standard InChI is InChI=1S/C21H24F2N4O4/c1-13-9-25(21(29)31-18(6-22)7-23)20-5-15(3-4-19(20)27(13)14(2)28)16-8-24-26(10-16)17-11-30-12-17/h3-5,8,10,13,17-18H,6-7,9,11-12H2,1-2H3/t13-/m0/s1. The van der Waals surface area contributed by atoms with Gasteiger partial charge in [0.25, 0.3) is 0 Å². The van der Waals surface area contributed by atoms with Crippen molar-refractivity contribution in [2.45, 2.75) is 32.0 Å². The number of halogens is 2. The maximum atomic E-state index is 12.9. The molecule has 2 aliphatic heterocycles. The minimum Gasteiger partial charge on any atom is -0.440 e. The smallest absolute Gasteiger partial charge is 0.414 e. The highest BCUT2D eigenvalue weighted by atomic mass is 19.1. The number of hydrogen-bond acceptors (Lipinski definition) is 5. The van der Waals surface area contributed by atoms with Crippen LogP contribution in [0.25, 0.3) is 11.1 Å². The molecule has 1 aromatic carbocycles. The summed E-state index contributed by atoms with van der Waals surface area (Å²) in [4.78, 5) is 27.9. The number of alkyl halides is 2. The van der Waals surface area contributed by atoms with E-state index in [1.807, 2.05) is 16.9 Å². The molecule has 8 nitrogen and oxygen atoms in total. The Balaban J connectivity index is 1.70. The molecule has 1 saturated heterocycles. The molecule has 0 aliphatic carbocycles. The van der Waals surface area contributed by atoms with Crippen LogP contribution in [0.2, 0.25) is 0 Å². The number of carbonyl (C=O) groups excluding carboxylic acids is 2. The van der Waals surface area contributed by atoms with E-state index in [1.54, 1.807) is 30.2 Å². The Labute approximate surface area is 178 Å². The Bertz CT molecular complexity index is 974. The van der Waals surface area contributed by atoms with Crippen LogP contribution in [-0.2, 0) is 14.3 Å². The van der Waals surface area contributed by atoms with E-state index >= 15 is 0 Å². The molecule has 0 unspecified atom stereocenters. The maximum absolute atomic E-state index is 12.9. The lowest BCUT2D eigenvalue weighted by Crippen LogP contribution is -2.52. The van der Waals surface area contributed by atoms with E-state index in [4.69, 9.17) is 9.47 Å². The van der Waals surface area contributed by atoms with E-state index in [9.17, 15) is 18.4 Å². The van der Waals surface area contributed by atoms with Gasteiger partial charge < -0.3 is 14.4 Å². The lowest BCUT2D eigenvalue weighted by molar-refractivity contribution is -0.117. The summed E-state index contributed by atoms with van der Waals surface area (Å²) < 4.78 is 37.8. The summed E-state index contributed by atoms with van der Waals surface area (Å²) in [6, 6.07) is 5.23. The molecule has 0 radical (unpaired) electrons. The zero-order chi connectivity index (χ0) is 22.1. The highest BCUT2D eigenvalue weighted by Crippen LogP contribution is 2.39. The molecular formula is C21H24F2N4O4. The van der Waals surface area contributed by atoms with Crippen LogP contribution in [0.15, 0.2) is 30.6 Å². The molecule has 0 spiro atoms. The van der Waals surface area contributed by atoms with Crippen molar-refractivity contribution in [3.63, 3.8) is 0 Å². The van der Waals surface area contributed by atoms with Crippen molar-refractivity contribution < 1.29 is 27.8 Å². The first-order valence-corrected chi connectivity index (χ1v) is 10.1. The quantitative estimate of drug-likeness (QED) is 0.723. The van der Waals surface area contributed by atoms with E-state index in [2.05, 4.69) is 5.10 Å². The van der Waals surface area contributed by atoms with Gasteiger partial charge in [-0.2, -0.15) is 5.10 Å². The average molecular weight is 434 g/mol. The molecule has 4 rings (SSSR count). The monoisotopic (exact) mass is 434 g/mol. The summed E-state index contributed by atoms with van der Waals surface area (Å²) in [6.45, 7) is 2.39. The summed E-state index contributed by atoms with van der Waals surface area (Å²) in [5.41, 5.74) is 2.59. The van der Waals surface area contributed by atoms with Crippen molar-refractivity contribution in [1.82, 2.24) is 9.78 Å². The first kappa shape index (κ1) is 21.2. The van der Waals surface area contributed by atoms with Gasteiger partial charge in [0.1, 0.15) is 13.3 Å². The summed E-state index contributed by atoms with van der Waals surface area (Å²) in [6.07, 6.45) is 1.31. The highest BCUT2D eigenvalue weighted by molar-refractivity contribution is 6.03. The maximum Gasteiger partial charge on any atom is 0.414 e. The molecule has 31 heavy (non-hydrogen) atoms. The Kier molecular flexibility index (Phi) is 5.90. The Morgan fingerprint density at radius 2 is 1.97 bits per heavy atom. The van der Waals surface area contributed by atoms with Crippen molar-refractivity contribution in [1.29, 1.82) is 0 Å². The molecular weight excluding hydrogens is 410 g/mol. The zero-order valence-electron chi connectivity index (χ0n) is 17.3. The van der Waals surface area contributed by atoms with Gasteiger partial charge in [0.15, 0.2) is 6.10 Å². The molecule has 1 aromatic heterocycles. The molecule has 10 heteroatoms. The van der Waals surface area contributed by atoms with Gasteiger partial charge >= 0.3 is 6.09 Å². The van der Waals surface area contributed by atoms with Gasteiger partial charge in [-0.1, -0.05) is 6.07 Å². The van der Waals surface area contributed by atoms with E-state index in [1.165, 1.54) is 11.8 Å². The molecule has 2 aromatic rings. The zero-order valence-corrected chi connectivity index (χ0v) is 17.3. The van der Waals surface area contributed by atoms with Gasteiger partial charge in [0.05, 0.1) is 42.9 Å². The molecule has 2 aliphatic rings. The minimum atomic E-state index is -1.46. The van der Waals surface area contributed by atoms with Crippen LogP contribution in [0, 0.1) is 0 Å². The Hall–Kier alpha value is -3.01. The van der Waals surface area contributed by atoms with Crippen LogP contribution >= 0.6 is 0 Å². The van der Waals surface area contributed by atoms with Gasteiger partial charge in [-0.05, 0) is 24.6 Å². The molecule has 2 amide bonds. The van der Waals surface area contributed by atoms with Crippen LogP contribution in [0.3, 0.4) is 0 Å². The fourth-order valence-electron chi connectivity index (χ4n) is 3.83. The number of hydrogen-bond donors (Lipinski definition) is 0. The summed E-state index contributed by atoms with van der Waals surface area (Å²) in [5, 5.41) is 4.38. The fourth-order valence-corrected chi connectivity index (χ4v) is 3.83. The Morgan fingerprint density at radius 3 is 2.58 bits per heavy atom. The van der Waals surface area contributed by atoms with Crippen LogP contribution in [0.1, 0.15) is 19.9 Å². The van der Waals surface area contributed by atoms with Crippen LogP contribution < -0.4 is 9.80 Å². The molecule has 0 saturated carbocycles. The first-order chi connectivity index (χ1) is 14.9. The third kappa shape index (κ3) is 3.99. The van der Waals surface area contributed by atoms with Crippen LogP contribution in [-0.4, -0.2) is 67.0 Å². The van der Waals surface area contributed by atoms with E-state index in [0.717, 1.165) is 11.1 Å².